The number of fused-ring (bicyclic) bond motifs is 1. The number of nitrogen functional groups attached to an aromatic ring is 1. The first-order chi connectivity index (χ1) is 18.1. The smallest absolute Gasteiger partial charge is 0.407 e. The summed E-state index contributed by atoms with van der Waals surface area (Å²) in [7, 11) is -3.93. The molecule has 5 atom stereocenters. The fraction of sp³-hybridized carbons (Fsp3) is 0.519. The molecule has 1 amide bonds. The maximum absolute atomic E-state index is 13.5. The second-order valence-electron chi connectivity index (χ2n) is 10.3. The van der Waals surface area contributed by atoms with Gasteiger partial charge in [-0.25, -0.2) is 13.2 Å². The first-order valence-corrected chi connectivity index (χ1v) is 14.4. The quantitative estimate of drug-likeness (QED) is 0.364. The number of carbonyl (C=O) groups is 1. The zero-order chi connectivity index (χ0) is 27.3. The van der Waals surface area contributed by atoms with Gasteiger partial charge in [0.05, 0.1) is 36.2 Å². The number of nitrogens with two attached hydrogens (primary N) is 1. The summed E-state index contributed by atoms with van der Waals surface area (Å²) < 4.78 is 44.9. The molecule has 0 spiro atoms. The van der Waals surface area contributed by atoms with E-state index in [1.54, 1.807) is 0 Å². The van der Waals surface area contributed by atoms with Gasteiger partial charge in [-0.3, -0.25) is 0 Å². The van der Waals surface area contributed by atoms with Crippen molar-refractivity contribution in [3.05, 3.63) is 60.2 Å². The van der Waals surface area contributed by atoms with Crippen LogP contribution in [0.15, 0.2) is 59.5 Å². The molecule has 0 saturated carbocycles. The molecule has 0 aromatic heterocycles. The van der Waals surface area contributed by atoms with Crippen LogP contribution in [0.5, 0.6) is 0 Å². The molecule has 11 heteroatoms. The Morgan fingerprint density at radius 3 is 2.53 bits per heavy atom. The number of sulfonamides is 1. The van der Waals surface area contributed by atoms with E-state index < -0.39 is 34.4 Å². The molecule has 4 N–H and O–H groups in total. The van der Waals surface area contributed by atoms with E-state index in [0.717, 1.165) is 12.0 Å². The number of benzene rings is 2. The SMILES string of the molecule is CC(C)CN(CC(O)C(Cc1ccccc1)NC(=O)OC1CO[C@H]2OCC[C@@H]12)S(=O)(=O)c1ccc(N)cc1. The van der Waals surface area contributed by atoms with Crippen molar-refractivity contribution in [2.45, 2.75) is 56.1 Å². The number of rotatable bonds is 11. The Hall–Kier alpha value is -2.70. The van der Waals surface area contributed by atoms with Crippen molar-refractivity contribution in [2.75, 3.05) is 32.0 Å². The fourth-order valence-corrected chi connectivity index (χ4v) is 6.45. The maximum Gasteiger partial charge on any atom is 0.407 e. The lowest BCUT2D eigenvalue weighted by molar-refractivity contribution is -0.0907. The van der Waals surface area contributed by atoms with Gasteiger partial charge in [-0.05, 0) is 48.6 Å². The molecule has 208 valence electrons. The highest BCUT2D eigenvalue weighted by Crippen LogP contribution is 2.33. The zero-order valence-corrected chi connectivity index (χ0v) is 22.5. The third kappa shape index (κ3) is 7.03. The number of aliphatic hydroxyl groups is 1. The van der Waals surface area contributed by atoms with Crippen molar-refractivity contribution >= 4 is 21.8 Å². The van der Waals surface area contributed by atoms with Gasteiger partial charge in [0.25, 0.3) is 0 Å². The largest absolute Gasteiger partial charge is 0.443 e. The molecule has 10 nitrogen and oxygen atoms in total. The van der Waals surface area contributed by atoms with Crippen LogP contribution in [-0.2, 0) is 30.7 Å². The minimum absolute atomic E-state index is 0.000183. The van der Waals surface area contributed by atoms with E-state index in [2.05, 4.69) is 5.32 Å². The minimum Gasteiger partial charge on any atom is -0.443 e. The number of hydrogen-bond donors (Lipinski definition) is 3. The van der Waals surface area contributed by atoms with Crippen LogP contribution >= 0.6 is 0 Å². The average Bonchev–Trinajstić information content (AvgIpc) is 3.49. The van der Waals surface area contributed by atoms with Crippen molar-refractivity contribution in [2.24, 2.45) is 11.8 Å². The molecule has 2 aliphatic rings. The summed E-state index contributed by atoms with van der Waals surface area (Å²) in [4.78, 5) is 13.0. The second-order valence-corrected chi connectivity index (χ2v) is 12.2. The number of carbonyl (C=O) groups excluding carboxylic acids is 1. The summed E-state index contributed by atoms with van der Waals surface area (Å²) in [5, 5.41) is 14.1. The van der Waals surface area contributed by atoms with Crippen LogP contribution in [0.4, 0.5) is 10.5 Å². The van der Waals surface area contributed by atoms with E-state index in [1.165, 1.54) is 28.6 Å². The van der Waals surface area contributed by atoms with Crippen LogP contribution < -0.4 is 11.1 Å². The van der Waals surface area contributed by atoms with E-state index in [1.807, 2.05) is 44.2 Å². The van der Waals surface area contributed by atoms with E-state index in [4.69, 9.17) is 19.9 Å². The van der Waals surface area contributed by atoms with Gasteiger partial charge >= 0.3 is 6.09 Å². The zero-order valence-electron chi connectivity index (χ0n) is 21.7. The molecule has 0 aliphatic carbocycles. The highest BCUT2D eigenvalue weighted by Gasteiger charge is 2.44. The van der Waals surface area contributed by atoms with Crippen molar-refractivity contribution < 1.29 is 32.5 Å². The number of hydrogen-bond acceptors (Lipinski definition) is 8. The summed E-state index contributed by atoms with van der Waals surface area (Å²) >= 11 is 0. The number of amides is 1. The lowest BCUT2D eigenvalue weighted by Gasteiger charge is -2.31. The van der Waals surface area contributed by atoms with Crippen LogP contribution in [0, 0.1) is 11.8 Å². The van der Waals surface area contributed by atoms with Gasteiger partial charge in [0, 0.05) is 18.8 Å². The number of nitrogens with one attached hydrogen (secondary N) is 1. The number of nitrogens with zero attached hydrogens (tertiary/aromatic N) is 1. The van der Waals surface area contributed by atoms with Gasteiger partial charge < -0.3 is 30.4 Å². The molecule has 0 bridgehead atoms. The predicted molar refractivity (Wildman–Crippen MR) is 142 cm³/mol. The minimum atomic E-state index is -3.93. The normalized spacial score (nSPS) is 22.8. The Kier molecular flexibility index (Phi) is 9.27. The molecule has 38 heavy (non-hydrogen) atoms. The molecule has 2 aromatic carbocycles. The molecular formula is C27H37N3O7S. The molecule has 2 aliphatic heterocycles. The Morgan fingerprint density at radius 1 is 1.13 bits per heavy atom. The molecule has 2 fully saturated rings. The van der Waals surface area contributed by atoms with Crippen LogP contribution in [0.3, 0.4) is 0 Å². The van der Waals surface area contributed by atoms with E-state index in [0.29, 0.717) is 12.3 Å². The van der Waals surface area contributed by atoms with E-state index in [9.17, 15) is 18.3 Å². The lowest BCUT2D eigenvalue weighted by Crippen LogP contribution is -2.51. The van der Waals surface area contributed by atoms with Crippen molar-refractivity contribution in [1.29, 1.82) is 0 Å². The monoisotopic (exact) mass is 547 g/mol. The van der Waals surface area contributed by atoms with E-state index >= 15 is 0 Å². The molecular weight excluding hydrogens is 510 g/mol. The van der Waals surface area contributed by atoms with Gasteiger partial charge in [-0.2, -0.15) is 4.31 Å². The average molecular weight is 548 g/mol. The molecule has 2 heterocycles. The highest BCUT2D eigenvalue weighted by molar-refractivity contribution is 7.89. The topological polar surface area (TPSA) is 140 Å². The second kappa shape index (κ2) is 12.4. The summed E-state index contributed by atoms with van der Waals surface area (Å²) in [6.07, 6.45) is -1.69. The number of ether oxygens (including phenoxy) is 3. The van der Waals surface area contributed by atoms with Crippen molar-refractivity contribution in [3.63, 3.8) is 0 Å². The first kappa shape index (κ1) is 28.3. The van der Waals surface area contributed by atoms with Gasteiger partial charge in [0.1, 0.15) is 6.10 Å². The summed E-state index contributed by atoms with van der Waals surface area (Å²) in [5.41, 5.74) is 7.07. The third-order valence-corrected chi connectivity index (χ3v) is 8.63. The third-order valence-electron chi connectivity index (χ3n) is 6.79. The Morgan fingerprint density at radius 2 is 1.84 bits per heavy atom. The van der Waals surface area contributed by atoms with Crippen LogP contribution in [0.25, 0.3) is 0 Å². The number of anilines is 1. The lowest BCUT2D eigenvalue weighted by atomic mass is 10.0. The number of alkyl carbamates (subject to hydrolysis) is 1. The molecule has 3 unspecified atom stereocenters. The van der Waals surface area contributed by atoms with E-state index in [-0.39, 0.29) is 49.1 Å². The van der Waals surface area contributed by atoms with Gasteiger partial charge in [-0.15, -0.1) is 0 Å². The molecule has 4 rings (SSSR count). The van der Waals surface area contributed by atoms with Crippen LogP contribution in [0.2, 0.25) is 0 Å². The summed E-state index contributed by atoms with van der Waals surface area (Å²) in [5.74, 6) is -0.0231. The van der Waals surface area contributed by atoms with Crippen molar-refractivity contribution in [1.82, 2.24) is 9.62 Å². The number of aliphatic hydroxyl groups excluding tert-OH is 1. The van der Waals surface area contributed by atoms with Gasteiger partial charge in [-0.1, -0.05) is 44.2 Å². The van der Waals surface area contributed by atoms with Crippen LogP contribution in [0.1, 0.15) is 25.8 Å². The predicted octanol–water partition coefficient (Wildman–Crippen LogP) is 2.38. The fourth-order valence-electron chi connectivity index (χ4n) is 4.82. The Balaban J connectivity index is 1.51. The maximum atomic E-state index is 13.5. The van der Waals surface area contributed by atoms with Gasteiger partial charge in [0.2, 0.25) is 10.0 Å². The standard InChI is InChI=1S/C27H37N3O7S/c1-18(2)15-30(38(33,34)21-10-8-20(28)9-11-21)16-24(31)23(14-19-6-4-3-5-7-19)29-27(32)37-25-17-36-26-22(25)12-13-35-26/h3-11,18,22-26,31H,12-17,28H2,1-2H3,(H,29,32)/t22-,23?,24?,25?,26+/m0/s1. The van der Waals surface area contributed by atoms with Gasteiger partial charge in [0.15, 0.2) is 6.29 Å². The first-order valence-electron chi connectivity index (χ1n) is 12.9. The summed E-state index contributed by atoms with van der Waals surface area (Å²) in [6.45, 7) is 4.58. The molecule has 2 saturated heterocycles. The molecule has 0 radical (unpaired) electrons. The summed E-state index contributed by atoms with van der Waals surface area (Å²) in [6, 6.07) is 14.5. The molecule has 2 aromatic rings. The van der Waals surface area contributed by atoms with Crippen LogP contribution in [-0.4, -0.2) is 74.8 Å². The Bertz CT molecular complexity index is 1160. The highest BCUT2D eigenvalue weighted by atomic mass is 32.2. The Labute approximate surface area is 224 Å². The van der Waals surface area contributed by atoms with Crippen molar-refractivity contribution in [3.8, 4) is 0 Å².